The van der Waals surface area contributed by atoms with E-state index >= 15 is 0 Å². The molecule has 0 radical (unpaired) electrons. The molecule has 0 bridgehead atoms. The molecule has 0 heterocycles. The molecule has 106 valence electrons. The average molecular weight is 275 g/mol. The number of methoxy groups -OCH3 is 1. The van der Waals surface area contributed by atoms with E-state index in [4.69, 9.17) is 14.7 Å². The fraction of sp³-hybridized carbons (Fsp3) is 0.400. The number of benzene rings is 1. The Kier molecular flexibility index (Phi) is 6.24. The minimum Gasteiger partial charge on any atom is -0.497 e. The molecule has 0 N–H and O–H groups in total. The van der Waals surface area contributed by atoms with Gasteiger partial charge in [0.15, 0.2) is 5.78 Å². The summed E-state index contributed by atoms with van der Waals surface area (Å²) in [6, 6.07) is 8.52. The van der Waals surface area contributed by atoms with Gasteiger partial charge in [0.25, 0.3) is 0 Å². The first-order valence-corrected chi connectivity index (χ1v) is 6.35. The van der Waals surface area contributed by atoms with E-state index in [9.17, 15) is 9.59 Å². The van der Waals surface area contributed by atoms with Gasteiger partial charge in [-0.1, -0.05) is 12.1 Å². The number of ketones is 1. The third kappa shape index (κ3) is 4.09. The molecule has 0 saturated carbocycles. The topological polar surface area (TPSA) is 76.4 Å². The van der Waals surface area contributed by atoms with Crippen LogP contribution in [0.15, 0.2) is 24.3 Å². The summed E-state index contributed by atoms with van der Waals surface area (Å²) in [4.78, 5) is 24.2. The molecule has 0 aliphatic carbocycles. The molecule has 0 aliphatic heterocycles. The summed E-state index contributed by atoms with van der Waals surface area (Å²) < 4.78 is 9.95. The Morgan fingerprint density at radius 3 is 2.75 bits per heavy atom. The van der Waals surface area contributed by atoms with Gasteiger partial charge in [0.05, 0.1) is 19.8 Å². The fourth-order valence-corrected chi connectivity index (χ4v) is 1.79. The Morgan fingerprint density at radius 1 is 1.40 bits per heavy atom. The van der Waals surface area contributed by atoms with Crippen molar-refractivity contribution in [1.82, 2.24) is 0 Å². The number of nitrogens with zero attached hydrogens (tertiary/aromatic N) is 1. The lowest BCUT2D eigenvalue weighted by atomic mass is 9.93. The fourth-order valence-electron chi connectivity index (χ4n) is 1.79. The second-order valence-corrected chi connectivity index (χ2v) is 4.10. The summed E-state index contributed by atoms with van der Waals surface area (Å²) in [5.41, 5.74) is 0.375. The number of ether oxygens (including phenoxy) is 2. The van der Waals surface area contributed by atoms with E-state index in [-0.39, 0.29) is 25.2 Å². The van der Waals surface area contributed by atoms with Gasteiger partial charge in [0, 0.05) is 12.0 Å². The molecule has 20 heavy (non-hydrogen) atoms. The van der Waals surface area contributed by atoms with Crippen LogP contribution in [0.5, 0.6) is 5.75 Å². The maximum absolute atomic E-state index is 12.4. The van der Waals surface area contributed by atoms with Gasteiger partial charge in [0.1, 0.15) is 11.7 Å². The Morgan fingerprint density at radius 2 is 2.15 bits per heavy atom. The van der Waals surface area contributed by atoms with Crippen molar-refractivity contribution < 1.29 is 19.1 Å². The van der Waals surface area contributed by atoms with E-state index in [1.165, 1.54) is 7.11 Å². The number of hydrogen-bond acceptors (Lipinski definition) is 5. The smallest absolute Gasteiger partial charge is 0.316 e. The minimum atomic E-state index is -0.943. The number of carbonyl (C=O) groups excluding carboxylic acids is 2. The predicted octanol–water partition coefficient (Wildman–Crippen LogP) is 2.36. The molecule has 0 aliphatic rings. The van der Waals surface area contributed by atoms with Crippen molar-refractivity contribution in [3.8, 4) is 11.8 Å². The molecule has 0 amide bonds. The molecule has 0 saturated heterocycles. The highest BCUT2D eigenvalue weighted by Gasteiger charge is 2.28. The summed E-state index contributed by atoms with van der Waals surface area (Å²) in [5, 5.41) is 8.63. The van der Waals surface area contributed by atoms with Gasteiger partial charge in [-0.25, -0.2) is 0 Å². The van der Waals surface area contributed by atoms with Gasteiger partial charge in [-0.2, -0.15) is 5.26 Å². The van der Waals surface area contributed by atoms with Gasteiger partial charge >= 0.3 is 5.97 Å². The number of hydrogen-bond donors (Lipinski definition) is 0. The summed E-state index contributed by atoms with van der Waals surface area (Å²) >= 11 is 0. The first-order valence-electron chi connectivity index (χ1n) is 6.35. The zero-order valence-corrected chi connectivity index (χ0v) is 11.6. The molecule has 0 fully saturated rings. The number of rotatable bonds is 7. The van der Waals surface area contributed by atoms with Gasteiger partial charge < -0.3 is 9.47 Å². The molecule has 1 aromatic carbocycles. The summed E-state index contributed by atoms with van der Waals surface area (Å²) in [7, 11) is 1.50. The van der Waals surface area contributed by atoms with Crippen molar-refractivity contribution in [2.75, 3.05) is 13.7 Å². The summed E-state index contributed by atoms with van der Waals surface area (Å²) in [6.45, 7) is 1.88. The van der Waals surface area contributed by atoms with E-state index in [2.05, 4.69) is 0 Å². The van der Waals surface area contributed by atoms with Crippen molar-refractivity contribution in [3.05, 3.63) is 29.8 Å². The maximum atomic E-state index is 12.4. The first kappa shape index (κ1) is 15.7. The number of esters is 1. The quantitative estimate of drug-likeness (QED) is 0.433. The van der Waals surface area contributed by atoms with Crippen molar-refractivity contribution in [2.24, 2.45) is 5.92 Å². The van der Waals surface area contributed by atoms with Crippen LogP contribution in [0.2, 0.25) is 0 Å². The van der Waals surface area contributed by atoms with Gasteiger partial charge in [-0.05, 0) is 25.5 Å². The van der Waals surface area contributed by atoms with Crippen LogP contribution in [0.25, 0.3) is 0 Å². The van der Waals surface area contributed by atoms with E-state index in [1.54, 1.807) is 31.2 Å². The third-order valence-corrected chi connectivity index (χ3v) is 2.79. The summed E-state index contributed by atoms with van der Waals surface area (Å²) in [6.07, 6.45) is 0.282. The number of carbonyl (C=O) groups is 2. The Balaban J connectivity index is 2.96. The molecular formula is C15H17NO4. The van der Waals surface area contributed by atoms with Crippen molar-refractivity contribution >= 4 is 11.8 Å². The lowest BCUT2D eigenvalue weighted by molar-refractivity contribution is -0.146. The van der Waals surface area contributed by atoms with E-state index in [0.29, 0.717) is 11.3 Å². The van der Waals surface area contributed by atoms with Crippen LogP contribution in [0.4, 0.5) is 0 Å². The zero-order chi connectivity index (χ0) is 15.0. The van der Waals surface area contributed by atoms with Crippen LogP contribution in [-0.4, -0.2) is 25.5 Å². The van der Waals surface area contributed by atoms with Crippen LogP contribution in [0, 0.1) is 17.2 Å². The average Bonchev–Trinajstić information content (AvgIpc) is 2.47. The van der Waals surface area contributed by atoms with Crippen LogP contribution >= 0.6 is 0 Å². The number of Topliss-reactive ketones (excluding diaryl/α,β-unsaturated/α-hetero) is 1. The Labute approximate surface area is 118 Å². The molecule has 1 aromatic rings. The second kappa shape index (κ2) is 7.95. The van der Waals surface area contributed by atoms with E-state index in [0.717, 1.165) is 0 Å². The van der Waals surface area contributed by atoms with E-state index in [1.807, 2.05) is 6.07 Å². The predicted molar refractivity (Wildman–Crippen MR) is 72.3 cm³/mol. The van der Waals surface area contributed by atoms with Gasteiger partial charge in [-0.15, -0.1) is 0 Å². The van der Waals surface area contributed by atoms with Crippen molar-refractivity contribution in [2.45, 2.75) is 19.8 Å². The SMILES string of the molecule is CCOC(=O)C(CCC#N)C(=O)c1cccc(OC)c1. The van der Waals surface area contributed by atoms with Crippen LogP contribution < -0.4 is 4.74 Å². The lowest BCUT2D eigenvalue weighted by Crippen LogP contribution is -2.26. The van der Waals surface area contributed by atoms with Gasteiger partial charge in [0.2, 0.25) is 0 Å². The molecule has 5 nitrogen and oxygen atoms in total. The molecule has 5 heteroatoms. The van der Waals surface area contributed by atoms with Gasteiger partial charge in [-0.3, -0.25) is 9.59 Å². The molecule has 0 aromatic heterocycles. The Bertz CT molecular complexity index is 519. The van der Waals surface area contributed by atoms with Crippen LogP contribution in [0.3, 0.4) is 0 Å². The van der Waals surface area contributed by atoms with E-state index < -0.39 is 11.9 Å². The Hall–Kier alpha value is -2.35. The molecular weight excluding hydrogens is 258 g/mol. The molecule has 0 spiro atoms. The highest BCUT2D eigenvalue weighted by Crippen LogP contribution is 2.20. The monoisotopic (exact) mass is 275 g/mol. The molecule has 1 rings (SSSR count). The standard InChI is InChI=1S/C15H17NO4/c1-3-20-15(18)13(8-5-9-16)14(17)11-6-4-7-12(10-11)19-2/h4,6-7,10,13H,3,5,8H2,1-2H3. The normalized spacial score (nSPS) is 11.2. The van der Waals surface area contributed by atoms with Crippen molar-refractivity contribution in [1.29, 1.82) is 5.26 Å². The summed E-state index contributed by atoms with van der Waals surface area (Å²) in [5.74, 6) is -1.34. The molecule has 1 atom stereocenters. The van der Waals surface area contributed by atoms with Crippen LogP contribution in [0.1, 0.15) is 30.1 Å². The number of nitriles is 1. The maximum Gasteiger partial charge on any atom is 0.316 e. The lowest BCUT2D eigenvalue weighted by Gasteiger charge is -2.13. The zero-order valence-electron chi connectivity index (χ0n) is 11.6. The minimum absolute atomic E-state index is 0.124. The molecule has 1 unspecified atom stereocenters. The highest BCUT2D eigenvalue weighted by atomic mass is 16.5. The second-order valence-electron chi connectivity index (χ2n) is 4.10. The third-order valence-electron chi connectivity index (χ3n) is 2.79. The highest BCUT2D eigenvalue weighted by molar-refractivity contribution is 6.08. The van der Waals surface area contributed by atoms with Crippen molar-refractivity contribution in [3.63, 3.8) is 0 Å². The first-order chi connectivity index (χ1) is 9.63. The largest absolute Gasteiger partial charge is 0.497 e. The van der Waals surface area contributed by atoms with Crippen LogP contribution in [-0.2, 0) is 9.53 Å².